The second-order valence-electron chi connectivity index (χ2n) is 5.38. The molecular formula is C18H17N7O. The van der Waals surface area contributed by atoms with Crippen molar-refractivity contribution in [2.75, 3.05) is 5.32 Å². The number of nitrogens with two attached hydrogens (primary N) is 1. The molecule has 1 aromatic carbocycles. The van der Waals surface area contributed by atoms with Crippen molar-refractivity contribution in [3.05, 3.63) is 66.6 Å². The SMILES string of the molecule is CC(=NNC(N)=O)c1ccc(Nc2nccc(-c3cccnc3)n2)cc1. The average molecular weight is 347 g/mol. The maximum atomic E-state index is 10.7. The van der Waals surface area contributed by atoms with Crippen molar-refractivity contribution < 1.29 is 4.79 Å². The predicted molar refractivity (Wildman–Crippen MR) is 99.9 cm³/mol. The van der Waals surface area contributed by atoms with E-state index in [0.29, 0.717) is 11.7 Å². The fourth-order valence-electron chi connectivity index (χ4n) is 2.22. The van der Waals surface area contributed by atoms with Gasteiger partial charge in [0.15, 0.2) is 0 Å². The first-order valence-electron chi connectivity index (χ1n) is 7.82. The maximum Gasteiger partial charge on any atom is 0.332 e. The van der Waals surface area contributed by atoms with Crippen LogP contribution in [0.25, 0.3) is 11.3 Å². The minimum absolute atomic E-state index is 0.486. The minimum Gasteiger partial charge on any atom is -0.350 e. The van der Waals surface area contributed by atoms with Gasteiger partial charge in [0, 0.05) is 29.8 Å². The molecule has 0 radical (unpaired) electrons. The summed E-state index contributed by atoms with van der Waals surface area (Å²) in [6.07, 6.45) is 5.16. The van der Waals surface area contributed by atoms with E-state index in [1.807, 2.05) is 42.5 Å². The Kier molecular flexibility index (Phi) is 5.14. The van der Waals surface area contributed by atoms with Crippen LogP contribution in [0.5, 0.6) is 0 Å². The molecule has 0 fully saturated rings. The molecule has 0 unspecified atom stereocenters. The first-order chi connectivity index (χ1) is 12.6. The Labute approximate surface area is 150 Å². The van der Waals surface area contributed by atoms with Crippen LogP contribution in [0.2, 0.25) is 0 Å². The molecule has 2 amide bonds. The average Bonchev–Trinajstić information content (AvgIpc) is 2.67. The number of primary amides is 1. The Balaban J connectivity index is 1.74. The second-order valence-corrected chi connectivity index (χ2v) is 5.38. The van der Waals surface area contributed by atoms with Gasteiger partial charge in [-0.2, -0.15) is 5.10 Å². The summed E-state index contributed by atoms with van der Waals surface area (Å²) >= 11 is 0. The van der Waals surface area contributed by atoms with Crippen molar-refractivity contribution in [3.8, 4) is 11.3 Å². The van der Waals surface area contributed by atoms with E-state index in [1.54, 1.807) is 25.5 Å². The third kappa shape index (κ3) is 4.38. The van der Waals surface area contributed by atoms with E-state index in [4.69, 9.17) is 5.73 Å². The number of amides is 2. The molecule has 0 atom stereocenters. The van der Waals surface area contributed by atoms with Gasteiger partial charge < -0.3 is 11.1 Å². The number of hydrogen-bond donors (Lipinski definition) is 3. The highest BCUT2D eigenvalue weighted by Crippen LogP contribution is 2.19. The summed E-state index contributed by atoms with van der Waals surface area (Å²) in [6.45, 7) is 1.78. The summed E-state index contributed by atoms with van der Waals surface area (Å²) in [5, 5.41) is 7.05. The molecule has 3 rings (SSSR count). The molecule has 2 aromatic heterocycles. The van der Waals surface area contributed by atoms with Gasteiger partial charge in [-0.05, 0) is 42.8 Å². The van der Waals surface area contributed by atoms with E-state index in [-0.39, 0.29) is 0 Å². The molecule has 0 aliphatic heterocycles. The number of carbonyl (C=O) groups is 1. The Bertz CT molecular complexity index is 924. The van der Waals surface area contributed by atoms with Crippen molar-refractivity contribution in [2.24, 2.45) is 10.8 Å². The molecule has 3 aromatic rings. The zero-order chi connectivity index (χ0) is 18.4. The molecule has 0 aliphatic rings. The lowest BCUT2D eigenvalue weighted by Gasteiger charge is -2.07. The van der Waals surface area contributed by atoms with Crippen LogP contribution >= 0.6 is 0 Å². The zero-order valence-corrected chi connectivity index (χ0v) is 14.0. The molecule has 0 bridgehead atoms. The Morgan fingerprint density at radius 1 is 1.12 bits per heavy atom. The zero-order valence-electron chi connectivity index (χ0n) is 14.0. The van der Waals surface area contributed by atoms with Crippen LogP contribution in [0.15, 0.2) is 66.2 Å². The van der Waals surface area contributed by atoms with Crippen molar-refractivity contribution in [1.82, 2.24) is 20.4 Å². The second kappa shape index (κ2) is 7.84. The van der Waals surface area contributed by atoms with Crippen LogP contribution in [-0.2, 0) is 0 Å². The van der Waals surface area contributed by atoms with E-state index in [9.17, 15) is 4.79 Å². The summed E-state index contributed by atoms with van der Waals surface area (Å²) in [5.74, 6) is 0.486. The highest BCUT2D eigenvalue weighted by atomic mass is 16.2. The van der Waals surface area contributed by atoms with Crippen LogP contribution < -0.4 is 16.5 Å². The summed E-state index contributed by atoms with van der Waals surface area (Å²) in [6, 6.07) is 12.4. The summed E-state index contributed by atoms with van der Waals surface area (Å²) in [5.41, 5.74) is 11.2. The highest BCUT2D eigenvalue weighted by molar-refractivity contribution is 5.99. The number of pyridine rings is 1. The van der Waals surface area contributed by atoms with E-state index in [2.05, 4.69) is 30.8 Å². The Morgan fingerprint density at radius 3 is 2.62 bits per heavy atom. The third-order valence-electron chi connectivity index (χ3n) is 3.51. The molecule has 0 spiro atoms. The van der Waals surface area contributed by atoms with E-state index < -0.39 is 6.03 Å². The smallest absolute Gasteiger partial charge is 0.332 e. The lowest BCUT2D eigenvalue weighted by Crippen LogP contribution is -2.25. The summed E-state index contributed by atoms with van der Waals surface area (Å²) in [7, 11) is 0. The number of benzene rings is 1. The first kappa shape index (κ1) is 17.0. The summed E-state index contributed by atoms with van der Waals surface area (Å²) in [4.78, 5) is 23.5. The Hall–Kier alpha value is -3.81. The number of carbonyl (C=O) groups excluding carboxylic acids is 1. The number of nitrogens with zero attached hydrogens (tertiary/aromatic N) is 4. The molecule has 8 heteroatoms. The molecule has 26 heavy (non-hydrogen) atoms. The van der Waals surface area contributed by atoms with E-state index in [1.165, 1.54) is 0 Å². The molecule has 0 saturated carbocycles. The van der Waals surface area contributed by atoms with Gasteiger partial charge in [-0.3, -0.25) is 4.98 Å². The highest BCUT2D eigenvalue weighted by Gasteiger charge is 2.04. The maximum absolute atomic E-state index is 10.7. The standard InChI is InChI=1S/C18H17N7O/c1-12(24-25-17(19)26)13-4-6-15(7-5-13)22-18-21-10-8-16(23-18)14-3-2-9-20-11-14/h2-11H,1H3,(H3,19,25,26)(H,21,22,23). The first-order valence-corrected chi connectivity index (χ1v) is 7.82. The van der Waals surface area contributed by atoms with Gasteiger partial charge in [0.1, 0.15) is 0 Å². The summed E-state index contributed by atoms with van der Waals surface area (Å²) < 4.78 is 0. The topological polar surface area (TPSA) is 118 Å². The number of rotatable bonds is 5. The predicted octanol–water partition coefficient (Wildman–Crippen LogP) is 2.67. The van der Waals surface area contributed by atoms with Crippen LogP contribution in [0.3, 0.4) is 0 Å². The van der Waals surface area contributed by atoms with Gasteiger partial charge >= 0.3 is 6.03 Å². The van der Waals surface area contributed by atoms with Crippen molar-refractivity contribution in [2.45, 2.75) is 6.92 Å². The molecule has 4 N–H and O–H groups in total. The normalized spacial score (nSPS) is 11.0. The van der Waals surface area contributed by atoms with E-state index in [0.717, 1.165) is 22.5 Å². The van der Waals surface area contributed by atoms with Gasteiger partial charge in [0.25, 0.3) is 0 Å². The number of hydrazone groups is 1. The van der Waals surface area contributed by atoms with Crippen molar-refractivity contribution >= 4 is 23.4 Å². The van der Waals surface area contributed by atoms with Crippen LogP contribution in [0.4, 0.5) is 16.4 Å². The molecule has 130 valence electrons. The lowest BCUT2D eigenvalue weighted by molar-refractivity contribution is 0.249. The van der Waals surface area contributed by atoms with Crippen molar-refractivity contribution in [3.63, 3.8) is 0 Å². The van der Waals surface area contributed by atoms with Gasteiger partial charge in [-0.25, -0.2) is 20.2 Å². The van der Waals surface area contributed by atoms with Gasteiger partial charge in [-0.15, -0.1) is 0 Å². The van der Waals surface area contributed by atoms with Crippen LogP contribution in [0.1, 0.15) is 12.5 Å². The Morgan fingerprint density at radius 2 is 1.92 bits per heavy atom. The number of nitrogens with one attached hydrogen (secondary N) is 2. The number of aromatic nitrogens is 3. The minimum atomic E-state index is -0.701. The van der Waals surface area contributed by atoms with Crippen LogP contribution in [-0.4, -0.2) is 26.7 Å². The van der Waals surface area contributed by atoms with E-state index >= 15 is 0 Å². The quantitative estimate of drug-likeness (QED) is 0.484. The van der Waals surface area contributed by atoms with Gasteiger partial charge in [0.05, 0.1) is 11.4 Å². The van der Waals surface area contributed by atoms with Crippen LogP contribution in [0, 0.1) is 0 Å². The molecule has 2 heterocycles. The number of hydrogen-bond acceptors (Lipinski definition) is 6. The largest absolute Gasteiger partial charge is 0.350 e. The number of anilines is 2. The molecule has 0 saturated heterocycles. The van der Waals surface area contributed by atoms with Crippen molar-refractivity contribution in [1.29, 1.82) is 0 Å². The van der Waals surface area contributed by atoms with Gasteiger partial charge in [0.2, 0.25) is 5.95 Å². The molecule has 8 nitrogen and oxygen atoms in total. The molecule has 0 aliphatic carbocycles. The lowest BCUT2D eigenvalue weighted by atomic mass is 10.1. The fourth-order valence-corrected chi connectivity index (χ4v) is 2.22. The van der Waals surface area contributed by atoms with Gasteiger partial charge in [-0.1, -0.05) is 12.1 Å². The number of urea groups is 1. The molecular weight excluding hydrogens is 330 g/mol. The fraction of sp³-hybridized carbons (Fsp3) is 0.0556. The third-order valence-corrected chi connectivity index (χ3v) is 3.51. The monoisotopic (exact) mass is 347 g/mol.